The van der Waals surface area contributed by atoms with Crippen LogP contribution < -0.4 is 5.32 Å². The molecule has 1 amide bonds. The minimum Gasteiger partial charge on any atom is -0.452 e. The van der Waals surface area contributed by atoms with Crippen molar-refractivity contribution in [3.63, 3.8) is 0 Å². The smallest absolute Gasteiger partial charge is 0.338 e. The minimum atomic E-state index is -3.73. The van der Waals surface area contributed by atoms with Gasteiger partial charge in [-0.15, -0.1) is 0 Å². The van der Waals surface area contributed by atoms with E-state index >= 15 is 0 Å². The summed E-state index contributed by atoms with van der Waals surface area (Å²) in [5.74, 6) is -1.24. The average molecular weight is 508 g/mol. The molecule has 1 saturated heterocycles. The number of benzene rings is 3. The highest BCUT2D eigenvalue weighted by molar-refractivity contribution is 7.89. The Bertz CT molecular complexity index is 1250. The van der Waals surface area contributed by atoms with Gasteiger partial charge in [-0.05, 0) is 36.4 Å². The lowest BCUT2D eigenvalue weighted by atomic mass is 9.99. The molecule has 1 heterocycles. The Balaban J connectivity index is 1.41. The highest BCUT2D eigenvalue weighted by Gasteiger charge is 2.28. The Morgan fingerprint density at radius 1 is 0.861 bits per heavy atom. The zero-order valence-electron chi connectivity index (χ0n) is 20.0. The number of ether oxygens (including phenoxy) is 1. The maximum Gasteiger partial charge on any atom is 0.338 e. The van der Waals surface area contributed by atoms with E-state index in [9.17, 15) is 18.0 Å². The highest BCUT2D eigenvalue weighted by Crippen LogP contribution is 2.22. The summed E-state index contributed by atoms with van der Waals surface area (Å²) >= 11 is 0. The Hall–Kier alpha value is -3.53. The summed E-state index contributed by atoms with van der Waals surface area (Å²) in [7, 11) is -1.79. The maximum atomic E-state index is 13.0. The lowest BCUT2D eigenvalue weighted by molar-refractivity contribution is -0.124. The molecular weight excluding hydrogens is 478 g/mol. The minimum absolute atomic E-state index is 0.0270. The van der Waals surface area contributed by atoms with Gasteiger partial charge in [0.05, 0.1) is 16.5 Å². The van der Waals surface area contributed by atoms with Crippen molar-refractivity contribution in [1.82, 2.24) is 14.5 Å². The number of hydrogen-bond acceptors (Lipinski definition) is 6. The summed E-state index contributed by atoms with van der Waals surface area (Å²) < 4.78 is 32.7. The fraction of sp³-hybridized carbons (Fsp3) is 0.259. The standard InChI is InChI=1S/C27H29N3O5S/c1-29-15-17-30(18-16-29)36(33,34)24-14-8-13-23(19-24)27(32)35-20-25(31)28-26(21-9-4-2-5-10-21)22-11-6-3-7-12-22/h2-14,19,26H,15-18,20H2,1H3,(H,28,31). The first-order valence-electron chi connectivity index (χ1n) is 11.7. The summed E-state index contributed by atoms with van der Waals surface area (Å²) in [4.78, 5) is 27.4. The molecule has 9 heteroatoms. The fourth-order valence-electron chi connectivity index (χ4n) is 4.03. The largest absolute Gasteiger partial charge is 0.452 e. The highest BCUT2D eigenvalue weighted by atomic mass is 32.2. The van der Waals surface area contributed by atoms with Gasteiger partial charge in [0.15, 0.2) is 6.61 Å². The number of esters is 1. The number of rotatable bonds is 8. The van der Waals surface area contributed by atoms with E-state index < -0.39 is 34.5 Å². The second-order valence-corrected chi connectivity index (χ2v) is 10.6. The van der Waals surface area contributed by atoms with Crippen LogP contribution in [0.2, 0.25) is 0 Å². The van der Waals surface area contributed by atoms with E-state index in [2.05, 4.69) is 10.2 Å². The number of piperazine rings is 1. The van der Waals surface area contributed by atoms with E-state index in [0.29, 0.717) is 26.2 Å². The molecule has 188 valence electrons. The van der Waals surface area contributed by atoms with Crippen LogP contribution in [0.15, 0.2) is 89.8 Å². The van der Waals surface area contributed by atoms with Crippen LogP contribution in [0.25, 0.3) is 0 Å². The normalized spacial score (nSPS) is 14.9. The molecule has 0 aliphatic carbocycles. The van der Waals surface area contributed by atoms with Gasteiger partial charge in [-0.3, -0.25) is 4.79 Å². The van der Waals surface area contributed by atoms with Gasteiger partial charge in [0.1, 0.15) is 0 Å². The third kappa shape index (κ3) is 6.17. The molecule has 0 unspecified atom stereocenters. The van der Waals surface area contributed by atoms with Crippen molar-refractivity contribution in [3.05, 3.63) is 102 Å². The Kier molecular flexibility index (Phi) is 8.14. The molecule has 1 N–H and O–H groups in total. The Labute approximate surface area is 211 Å². The molecular formula is C27H29N3O5S. The lowest BCUT2D eigenvalue weighted by Crippen LogP contribution is -2.47. The lowest BCUT2D eigenvalue weighted by Gasteiger charge is -2.31. The van der Waals surface area contributed by atoms with Gasteiger partial charge in [-0.2, -0.15) is 4.31 Å². The monoisotopic (exact) mass is 507 g/mol. The summed E-state index contributed by atoms with van der Waals surface area (Å²) in [6.07, 6.45) is 0. The van der Waals surface area contributed by atoms with Crippen molar-refractivity contribution in [2.75, 3.05) is 39.8 Å². The zero-order chi connectivity index (χ0) is 25.5. The maximum absolute atomic E-state index is 13.0. The number of nitrogens with zero attached hydrogens (tertiary/aromatic N) is 2. The van der Waals surface area contributed by atoms with Gasteiger partial charge in [0.25, 0.3) is 5.91 Å². The van der Waals surface area contributed by atoms with E-state index in [-0.39, 0.29) is 10.5 Å². The number of hydrogen-bond donors (Lipinski definition) is 1. The predicted octanol–water partition coefficient (Wildman–Crippen LogP) is 2.69. The van der Waals surface area contributed by atoms with Crippen LogP contribution >= 0.6 is 0 Å². The summed E-state index contributed by atoms with van der Waals surface area (Å²) in [5, 5.41) is 2.92. The number of likely N-dealkylation sites (N-methyl/N-ethyl adjacent to an activating group) is 1. The Morgan fingerprint density at radius 3 is 2.03 bits per heavy atom. The molecule has 0 spiro atoms. The third-order valence-corrected chi connectivity index (χ3v) is 7.97. The van der Waals surface area contributed by atoms with Crippen LogP contribution in [0.1, 0.15) is 27.5 Å². The molecule has 3 aromatic rings. The molecule has 0 aromatic heterocycles. The number of nitrogens with one attached hydrogen (secondary N) is 1. The first-order chi connectivity index (χ1) is 17.3. The molecule has 3 aromatic carbocycles. The first kappa shape index (κ1) is 25.6. The van der Waals surface area contributed by atoms with E-state index in [1.54, 1.807) is 0 Å². The SMILES string of the molecule is CN1CCN(S(=O)(=O)c2cccc(C(=O)OCC(=O)NC(c3ccccc3)c3ccccc3)c2)CC1. The second kappa shape index (κ2) is 11.5. The van der Waals surface area contributed by atoms with Crippen LogP contribution in [0.5, 0.6) is 0 Å². The molecule has 0 saturated carbocycles. The van der Waals surface area contributed by atoms with Crippen molar-refractivity contribution >= 4 is 21.9 Å². The molecule has 36 heavy (non-hydrogen) atoms. The zero-order valence-corrected chi connectivity index (χ0v) is 20.9. The molecule has 0 atom stereocenters. The molecule has 4 rings (SSSR count). The van der Waals surface area contributed by atoms with Gasteiger partial charge in [-0.1, -0.05) is 66.7 Å². The number of carbonyl (C=O) groups is 2. The van der Waals surface area contributed by atoms with Crippen molar-refractivity contribution in [3.8, 4) is 0 Å². The van der Waals surface area contributed by atoms with Crippen LogP contribution in [0.4, 0.5) is 0 Å². The van der Waals surface area contributed by atoms with E-state index in [4.69, 9.17) is 4.74 Å². The van der Waals surface area contributed by atoms with Crippen LogP contribution in [-0.4, -0.2) is 69.3 Å². The molecule has 8 nitrogen and oxygen atoms in total. The van der Waals surface area contributed by atoms with E-state index in [0.717, 1.165) is 11.1 Å². The number of sulfonamides is 1. The Morgan fingerprint density at radius 2 is 1.44 bits per heavy atom. The van der Waals surface area contributed by atoms with Gasteiger partial charge in [-0.25, -0.2) is 13.2 Å². The summed E-state index contributed by atoms with van der Waals surface area (Å²) in [5.41, 5.74) is 1.86. The molecule has 1 aliphatic heterocycles. The van der Waals surface area contributed by atoms with Crippen molar-refractivity contribution in [2.24, 2.45) is 0 Å². The second-order valence-electron chi connectivity index (χ2n) is 8.63. The van der Waals surface area contributed by atoms with Crippen LogP contribution in [0, 0.1) is 0 Å². The fourth-order valence-corrected chi connectivity index (χ4v) is 5.50. The van der Waals surface area contributed by atoms with Gasteiger partial charge >= 0.3 is 5.97 Å². The number of carbonyl (C=O) groups excluding carboxylic acids is 2. The van der Waals surface area contributed by atoms with Gasteiger partial charge in [0.2, 0.25) is 10.0 Å². The predicted molar refractivity (Wildman–Crippen MR) is 136 cm³/mol. The molecule has 1 fully saturated rings. The van der Waals surface area contributed by atoms with Gasteiger partial charge < -0.3 is 15.0 Å². The average Bonchev–Trinajstić information content (AvgIpc) is 2.91. The quantitative estimate of drug-likeness (QED) is 0.471. The van der Waals surface area contributed by atoms with E-state index in [1.807, 2.05) is 67.7 Å². The molecule has 0 bridgehead atoms. The van der Waals surface area contributed by atoms with Crippen LogP contribution in [0.3, 0.4) is 0 Å². The van der Waals surface area contributed by atoms with Crippen LogP contribution in [-0.2, 0) is 19.6 Å². The topological polar surface area (TPSA) is 96.0 Å². The number of amides is 1. The van der Waals surface area contributed by atoms with E-state index in [1.165, 1.54) is 28.6 Å². The van der Waals surface area contributed by atoms with Crippen molar-refractivity contribution in [1.29, 1.82) is 0 Å². The summed E-state index contributed by atoms with van der Waals surface area (Å²) in [6.45, 7) is 1.56. The third-order valence-electron chi connectivity index (χ3n) is 6.08. The summed E-state index contributed by atoms with van der Waals surface area (Å²) in [6, 6.07) is 24.3. The van der Waals surface area contributed by atoms with Crippen molar-refractivity contribution in [2.45, 2.75) is 10.9 Å². The van der Waals surface area contributed by atoms with Crippen molar-refractivity contribution < 1.29 is 22.7 Å². The molecule has 0 radical (unpaired) electrons. The molecule has 1 aliphatic rings. The first-order valence-corrected chi connectivity index (χ1v) is 13.1. The van der Waals surface area contributed by atoms with Gasteiger partial charge in [0, 0.05) is 26.2 Å².